The molecule has 0 amide bonds. The number of thioether (sulfide) groups is 1. The molecule has 11 heavy (non-hydrogen) atoms. The summed E-state index contributed by atoms with van der Waals surface area (Å²) in [5, 5.41) is 27.1. The van der Waals surface area contributed by atoms with Gasteiger partial charge in [0.25, 0.3) is 0 Å². The van der Waals surface area contributed by atoms with Crippen LogP contribution in [0.15, 0.2) is 0 Å². The van der Waals surface area contributed by atoms with Gasteiger partial charge in [-0.1, -0.05) is 0 Å². The number of ether oxygens (including phenoxy) is 1. The van der Waals surface area contributed by atoms with E-state index >= 15 is 0 Å². The second kappa shape index (κ2) is 3.73. The molecule has 1 saturated heterocycles. The highest BCUT2D eigenvalue weighted by molar-refractivity contribution is 7.99. The minimum absolute atomic E-state index is 0.255. The van der Waals surface area contributed by atoms with E-state index in [2.05, 4.69) is 0 Å². The molecule has 66 valence electrons. The van der Waals surface area contributed by atoms with Crippen LogP contribution in [0.1, 0.15) is 0 Å². The number of hydrogen-bond acceptors (Lipinski definition) is 5. The molecule has 1 rings (SSSR count). The Kier molecular flexibility index (Phi) is 3.15. The van der Waals surface area contributed by atoms with Crippen LogP contribution in [0.2, 0.25) is 0 Å². The fraction of sp³-hybridized carbons (Fsp3) is 1.00. The Morgan fingerprint density at radius 1 is 1.36 bits per heavy atom. The molecule has 1 fully saturated rings. The van der Waals surface area contributed by atoms with E-state index in [1.54, 1.807) is 6.26 Å². The first-order chi connectivity index (χ1) is 5.20. The van der Waals surface area contributed by atoms with Gasteiger partial charge in [0.2, 0.25) is 0 Å². The van der Waals surface area contributed by atoms with Gasteiger partial charge in [0.15, 0.2) is 0 Å². The van der Waals surface area contributed by atoms with E-state index in [0.717, 1.165) is 0 Å². The summed E-state index contributed by atoms with van der Waals surface area (Å²) in [5.41, 5.74) is -0.415. The summed E-state index contributed by atoms with van der Waals surface area (Å²) in [6.45, 7) is -0.255. The molecule has 4 nitrogen and oxygen atoms in total. The lowest BCUT2D eigenvalue weighted by Gasteiger charge is -2.10. The van der Waals surface area contributed by atoms with Gasteiger partial charge in [0.05, 0.1) is 6.61 Å². The van der Waals surface area contributed by atoms with Crippen molar-refractivity contribution in [2.75, 3.05) is 12.9 Å². The summed E-state index contributed by atoms with van der Waals surface area (Å²) in [5.74, 6) is 0. The number of rotatable bonds is 2. The molecular weight excluding hydrogens is 168 g/mol. The maximum atomic E-state index is 9.25. The largest absolute Gasteiger partial charge is 0.394 e. The quantitative estimate of drug-likeness (QED) is 0.497. The van der Waals surface area contributed by atoms with E-state index in [4.69, 9.17) is 9.84 Å². The van der Waals surface area contributed by atoms with Gasteiger partial charge in [-0.3, -0.25) is 0 Å². The van der Waals surface area contributed by atoms with Crippen LogP contribution in [0.3, 0.4) is 0 Å². The van der Waals surface area contributed by atoms with Crippen LogP contribution in [0.4, 0.5) is 0 Å². The Labute approximate surface area is 69.2 Å². The van der Waals surface area contributed by atoms with E-state index in [1.807, 2.05) is 0 Å². The van der Waals surface area contributed by atoms with Gasteiger partial charge in [-0.15, -0.1) is 11.8 Å². The normalized spacial score (nSPS) is 44.7. The molecule has 0 aliphatic carbocycles. The van der Waals surface area contributed by atoms with Gasteiger partial charge in [-0.25, -0.2) is 0 Å². The van der Waals surface area contributed by atoms with Gasteiger partial charge in [0.1, 0.15) is 23.7 Å². The van der Waals surface area contributed by atoms with E-state index in [0.29, 0.717) is 0 Å². The molecule has 0 radical (unpaired) electrons. The smallest absolute Gasteiger partial charge is 0.132 e. The van der Waals surface area contributed by atoms with Gasteiger partial charge < -0.3 is 20.1 Å². The first-order valence-electron chi connectivity index (χ1n) is 3.36. The SMILES string of the molecule is CS[C@@H]1O[C@H](CO)[C@H](O)[C@H]1O. The van der Waals surface area contributed by atoms with Crippen LogP contribution >= 0.6 is 11.8 Å². The molecule has 0 aromatic carbocycles. The van der Waals surface area contributed by atoms with E-state index in [9.17, 15) is 10.2 Å². The third kappa shape index (κ3) is 1.68. The third-order valence-electron chi connectivity index (χ3n) is 1.73. The fourth-order valence-electron chi connectivity index (χ4n) is 1.06. The molecule has 0 saturated carbocycles. The van der Waals surface area contributed by atoms with E-state index < -0.39 is 23.7 Å². The molecule has 3 N–H and O–H groups in total. The van der Waals surface area contributed by atoms with Gasteiger partial charge in [-0.05, 0) is 6.26 Å². The maximum Gasteiger partial charge on any atom is 0.132 e. The molecule has 0 spiro atoms. The standard InChI is InChI=1S/C6H12O4S/c1-11-6-5(9)4(8)3(2-7)10-6/h3-9H,2H2,1H3/t3-,4+,5-,6+/m1/s1. The first kappa shape index (κ1) is 9.28. The molecule has 0 aromatic heterocycles. The Balaban J connectivity index is 2.53. The van der Waals surface area contributed by atoms with Crippen LogP contribution in [-0.4, -0.2) is 51.9 Å². The van der Waals surface area contributed by atoms with Crippen molar-refractivity contribution in [1.29, 1.82) is 0 Å². The molecule has 4 atom stereocenters. The van der Waals surface area contributed by atoms with Gasteiger partial charge >= 0.3 is 0 Å². The second-order valence-electron chi connectivity index (χ2n) is 2.44. The maximum absolute atomic E-state index is 9.25. The minimum Gasteiger partial charge on any atom is -0.394 e. The first-order valence-corrected chi connectivity index (χ1v) is 4.64. The van der Waals surface area contributed by atoms with Gasteiger partial charge in [0, 0.05) is 0 Å². The fourth-order valence-corrected chi connectivity index (χ4v) is 1.75. The third-order valence-corrected chi connectivity index (χ3v) is 2.59. The Bertz CT molecular complexity index is 114. The molecule has 5 heteroatoms. The molecule has 0 unspecified atom stereocenters. The molecule has 0 bridgehead atoms. The zero-order valence-electron chi connectivity index (χ0n) is 6.17. The van der Waals surface area contributed by atoms with Crippen molar-refractivity contribution in [2.45, 2.75) is 23.7 Å². The Morgan fingerprint density at radius 2 is 2.00 bits per heavy atom. The van der Waals surface area contributed by atoms with Crippen molar-refractivity contribution in [3.63, 3.8) is 0 Å². The summed E-state index contributed by atoms with van der Waals surface area (Å²) in [4.78, 5) is 0. The number of hydrogen-bond donors (Lipinski definition) is 3. The van der Waals surface area contributed by atoms with Crippen molar-refractivity contribution >= 4 is 11.8 Å². The average Bonchev–Trinajstić information content (AvgIpc) is 2.30. The highest BCUT2D eigenvalue weighted by Crippen LogP contribution is 2.27. The van der Waals surface area contributed by atoms with Crippen LogP contribution < -0.4 is 0 Å². The Morgan fingerprint density at radius 3 is 2.27 bits per heavy atom. The lowest BCUT2D eigenvalue weighted by atomic mass is 10.2. The van der Waals surface area contributed by atoms with Crippen molar-refractivity contribution in [3.05, 3.63) is 0 Å². The van der Waals surface area contributed by atoms with Crippen LogP contribution in [-0.2, 0) is 4.74 Å². The average molecular weight is 180 g/mol. The predicted octanol–water partition coefficient (Wildman–Crippen LogP) is -1.21. The monoisotopic (exact) mass is 180 g/mol. The highest BCUT2D eigenvalue weighted by atomic mass is 32.2. The van der Waals surface area contributed by atoms with Crippen LogP contribution in [0.25, 0.3) is 0 Å². The second-order valence-corrected chi connectivity index (χ2v) is 3.38. The van der Waals surface area contributed by atoms with Crippen molar-refractivity contribution in [1.82, 2.24) is 0 Å². The van der Waals surface area contributed by atoms with E-state index in [-0.39, 0.29) is 6.61 Å². The summed E-state index contributed by atoms with van der Waals surface area (Å²) >= 11 is 1.32. The van der Waals surface area contributed by atoms with Crippen molar-refractivity contribution in [2.24, 2.45) is 0 Å². The lowest BCUT2D eigenvalue weighted by Crippen LogP contribution is -2.33. The van der Waals surface area contributed by atoms with Crippen LogP contribution in [0, 0.1) is 0 Å². The highest BCUT2D eigenvalue weighted by Gasteiger charge is 2.41. The number of aliphatic hydroxyl groups is 3. The summed E-state index contributed by atoms with van der Waals surface area (Å²) in [6, 6.07) is 0. The molecule has 1 heterocycles. The molecular formula is C6H12O4S. The zero-order valence-corrected chi connectivity index (χ0v) is 6.99. The zero-order chi connectivity index (χ0) is 8.43. The van der Waals surface area contributed by atoms with Crippen molar-refractivity contribution in [3.8, 4) is 0 Å². The van der Waals surface area contributed by atoms with E-state index in [1.165, 1.54) is 11.8 Å². The number of aliphatic hydroxyl groups excluding tert-OH is 3. The molecule has 1 aliphatic heterocycles. The Hall–Kier alpha value is 0.190. The topological polar surface area (TPSA) is 69.9 Å². The minimum atomic E-state index is -0.961. The molecule has 0 aromatic rings. The van der Waals surface area contributed by atoms with Crippen LogP contribution in [0.5, 0.6) is 0 Å². The summed E-state index contributed by atoms with van der Waals surface area (Å²) in [6.07, 6.45) is -0.706. The summed E-state index contributed by atoms with van der Waals surface area (Å²) in [7, 11) is 0. The lowest BCUT2D eigenvalue weighted by molar-refractivity contribution is -0.00805. The summed E-state index contributed by atoms with van der Waals surface area (Å²) < 4.78 is 5.10. The van der Waals surface area contributed by atoms with Crippen molar-refractivity contribution < 1.29 is 20.1 Å². The molecule has 1 aliphatic rings. The van der Waals surface area contributed by atoms with Gasteiger partial charge in [-0.2, -0.15) is 0 Å². The predicted molar refractivity (Wildman–Crippen MR) is 41.3 cm³/mol.